The van der Waals surface area contributed by atoms with Crippen molar-refractivity contribution in [3.63, 3.8) is 0 Å². The fourth-order valence-corrected chi connectivity index (χ4v) is 4.33. The first-order valence-electron chi connectivity index (χ1n) is 9.75. The van der Waals surface area contributed by atoms with Crippen molar-refractivity contribution in [1.82, 2.24) is 14.8 Å². The number of rotatable bonds is 3. The van der Waals surface area contributed by atoms with Gasteiger partial charge in [0.2, 0.25) is 6.29 Å². The fraction of sp³-hybridized carbons (Fsp3) is 0.261. The van der Waals surface area contributed by atoms with E-state index in [9.17, 15) is 4.39 Å². The summed E-state index contributed by atoms with van der Waals surface area (Å²) in [5.74, 6) is -0.185. The van der Waals surface area contributed by atoms with Crippen molar-refractivity contribution < 1.29 is 4.39 Å². The summed E-state index contributed by atoms with van der Waals surface area (Å²) in [6.45, 7) is 4.61. The van der Waals surface area contributed by atoms with E-state index in [0.717, 1.165) is 37.3 Å². The predicted molar refractivity (Wildman–Crippen MR) is 111 cm³/mol. The molecule has 0 radical (unpaired) electrons. The number of halogens is 1. The molecule has 0 spiro atoms. The lowest BCUT2D eigenvalue weighted by atomic mass is 10.0. The largest absolute Gasteiger partial charge is 0.331 e. The Morgan fingerprint density at radius 2 is 2.00 bits per heavy atom. The van der Waals surface area contributed by atoms with Crippen LogP contribution >= 0.6 is 0 Å². The van der Waals surface area contributed by atoms with Crippen LogP contribution in [0.25, 0.3) is 10.9 Å². The quantitative estimate of drug-likeness (QED) is 0.738. The molecular formula is C23H23FN4. The van der Waals surface area contributed by atoms with Crippen LogP contribution in [-0.2, 0) is 6.54 Å². The van der Waals surface area contributed by atoms with E-state index in [1.807, 2.05) is 31.3 Å². The van der Waals surface area contributed by atoms with Gasteiger partial charge in [-0.1, -0.05) is 36.4 Å². The maximum Gasteiger partial charge on any atom is 0.203 e. The summed E-state index contributed by atoms with van der Waals surface area (Å²) >= 11 is 0. The molecule has 0 aliphatic carbocycles. The maximum absolute atomic E-state index is 14.4. The average Bonchev–Trinajstić information content (AvgIpc) is 3.06. The third kappa shape index (κ3) is 2.83. The van der Waals surface area contributed by atoms with Gasteiger partial charge in [0.1, 0.15) is 5.82 Å². The number of hydrogen-bond donors (Lipinski definition) is 1. The molecule has 1 unspecified atom stereocenters. The summed E-state index contributed by atoms with van der Waals surface area (Å²) in [7, 11) is 0. The Morgan fingerprint density at radius 3 is 2.86 bits per heavy atom. The first-order chi connectivity index (χ1) is 13.7. The number of aryl methyl sites for hydroxylation is 1. The molecule has 4 nitrogen and oxygen atoms in total. The van der Waals surface area contributed by atoms with Gasteiger partial charge in [0.15, 0.2) is 0 Å². The molecule has 2 aliphatic heterocycles. The predicted octanol–water partition coefficient (Wildman–Crippen LogP) is 4.38. The molecule has 1 N–H and O–H groups in total. The zero-order chi connectivity index (χ0) is 19.1. The topological polar surface area (TPSA) is 32.6 Å². The Hall–Kier alpha value is -2.92. The number of fused-ring (bicyclic) bond motifs is 1. The SMILES string of the molecule is Cc1cc2c(F)cccc2n1C1N=CC2=C(CCNC2)N1Cc1ccccc1. The Balaban J connectivity index is 1.64. The third-order valence-electron chi connectivity index (χ3n) is 5.66. The summed E-state index contributed by atoms with van der Waals surface area (Å²) in [6, 6.07) is 17.7. The molecule has 3 heterocycles. The number of nitrogens with zero attached hydrogens (tertiary/aromatic N) is 3. The molecule has 0 saturated heterocycles. The second-order valence-electron chi connectivity index (χ2n) is 7.47. The van der Waals surface area contributed by atoms with E-state index in [0.29, 0.717) is 5.39 Å². The van der Waals surface area contributed by atoms with Gasteiger partial charge in [0, 0.05) is 54.6 Å². The van der Waals surface area contributed by atoms with Crippen molar-refractivity contribution >= 4 is 17.1 Å². The van der Waals surface area contributed by atoms with Gasteiger partial charge in [-0.2, -0.15) is 0 Å². The van der Waals surface area contributed by atoms with Gasteiger partial charge in [0.05, 0.1) is 5.52 Å². The third-order valence-corrected chi connectivity index (χ3v) is 5.66. The van der Waals surface area contributed by atoms with Gasteiger partial charge >= 0.3 is 0 Å². The van der Waals surface area contributed by atoms with Gasteiger partial charge < -0.3 is 14.8 Å². The highest BCUT2D eigenvalue weighted by Gasteiger charge is 2.30. The van der Waals surface area contributed by atoms with Crippen LogP contribution in [0, 0.1) is 12.7 Å². The molecule has 0 saturated carbocycles. The number of aromatic nitrogens is 1. The molecule has 2 aliphatic rings. The van der Waals surface area contributed by atoms with E-state index in [-0.39, 0.29) is 12.1 Å². The zero-order valence-corrected chi connectivity index (χ0v) is 15.9. The number of hydrogen-bond acceptors (Lipinski definition) is 3. The van der Waals surface area contributed by atoms with Gasteiger partial charge in [-0.15, -0.1) is 0 Å². The Bertz CT molecular complexity index is 1080. The van der Waals surface area contributed by atoms with E-state index >= 15 is 0 Å². The van der Waals surface area contributed by atoms with Crippen molar-refractivity contribution in [3.8, 4) is 0 Å². The van der Waals surface area contributed by atoms with E-state index in [2.05, 4.69) is 39.0 Å². The lowest BCUT2D eigenvalue weighted by Crippen LogP contribution is -2.40. The summed E-state index contributed by atoms with van der Waals surface area (Å²) in [4.78, 5) is 7.30. The molecule has 0 amide bonds. The minimum atomic E-state index is -0.212. The first-order valence-corrected chi connectivity index (χ1v) is 9.75. The number of aliphatic imine (C=N–C) groups is 1. The second kappa shape index (κ2) is 6.91. The molecule has 5 heteroatoms. The first kappa shape index (κ1) is 17.2. The Labute approximate surface area is 164 Å². The highest BCUT2D eigenvalue weighted by molar-refractivity contribution is 5.84. The van der Waals surface area contributed by atoms with Gasteiger partial charge in [-0.25, -0.2) is 9.38 Å². The van der Waals surface area contributed by atoms with Crippen LogP contribution in [0.4, 0.5) is 4.39 Å². The molecule has 2 aromatic carbocycles. The smallest absolute Gasteiger partial charge is 0.203 e. The molecule has 1 atom stereocenters. The van der Waals surface area contributed by atoms with Crippen LogP contribution in [0.15, 0.2) is 70.9 Å². The van der Waals surface area contributed by atoms with Crippen LogP contribution in [0.1, 0.15) is 24.0 Å². The summed E-state index contributed by atoms with van der Waals surface area (Å²) in [5.41, 5.74) is 5.73. The molecule has 28 heavy (non-hydrogen) atoms. The molecule has 0 fully saturated rings. The molecule has 142 valence electrons. The van der Waals surface area contributed by atoms with Crippen LogP contribution in [0.5, 0.6) is 0 Å². The number of nitrogens with one attached hydrogen (secondary N) is 1. The van der Waals surface area contributed by atoms with E-state index in [1.165, 1.54) is 22.9 Å². The van der Waals surface area contributed by atoms with Crippen molar-refractivity contribution in [2.24, 2.45) is 4.99 Å². The maximum atomic E-state index is 14.4. The summed E-state index contributed by atoms with van der Waals surface area (Å²) < 4.78 is 16.5. The van der Waals surface area contributed by atoms with Crippen LogP contribution < -0.4 is 5.32 Å². The molecule has 5 rings (SSSR count). The fourth-order valence-electron chi connectivity index (χ4n) is 4.33. The Morgan fingerprint density at radius 1 is 1.14 bits per heavy atom. The van der Waals surface area contributed by atoms with Crippen molar-refractivity contribution in [2.75, 3.05) is 13.1 Å². The van der Waals surface area contributed by atoms with Gasteiger partial charge in [-0.05, 0) is 30.7 Å². The standard InChI is InChI=1S/C23H23FN4/c1-16-12-19-20(24)8-5-9-22(19)28(16)23-26-14-18-13-25-11-10-21(18)27(23)15-17-6-3-2-4-7-17/h2-9,12,14,23,25H,10-11,13,15H2,1H3. The van der Waals surface area contributed by atoms with Gasteiger partial charge in [-0.3, -0.25) is 0 Å². The van der Waals surface area contributed by atoms with Crippen molar-refractivity contribution in [2.45, 2.75) is 26.2 Å². The summed E-state index contributed by atoms with van der Waals surface area (Å²) in [6.07, 6.45) is 2.76. The van der Waals surface area contributed by atoms with Crippen LogP contribution in [0.3, 0.4) is 0 Å². The normalized spacial score (nSPS) is 19.4. The Kier molecular flexibility index (Phi) is 4.24. The highest BCUT2D eigenvalue weighted by atomic mass is 19.1. The lowest BCUT2D eigenvalue weighted by Gasteiger charge is -2.40. The number of benzene rings is 2. The van der Waals surface area contributed by atoms with E-state index in [4.69, 9.17) is 4.99 Å². The van der Waals surface area contributed by atoms with Crippen molar-refractivity contribution in [3.05, 3.63) is 82.9 Å². The van der Waals surface area contributed by atoms with Gasteiger partial charge in [0.25, 0.3) is 0 Å². The average molecular weight is 374 g/mol. The lowest BCUT2D eigenvalue weighted by molar-refractivity contribution is 0.174. The molecule has 0 bridgehead atoms. The van der Waals surface area contributed by atoms with Crippen molar-refractivity contribution in [1.29, 1.82) is 0 Å². The minimum Gasteiger partial charge on any atom is -0.331 e. The summed E-state index contributed by atoms with van der Waals surface area (Å²) in [5, 5.41) is 4.09. The molecular weight excluding hydrogens is 351 g/mol. The van der Waals surface area contributed by atoms with E-state index in [1.54, 1.807) is 6.07 Å². The van der Waals surface area contributed by atoms with Crippen LogP contribution in [-0.4, -0.2) is 28.8 Å². The second-order valence-corrected chi connectivity index (χ2v) is 7.47. The highest BCUT2D eigenvalue weighted by Crippen LogP contribution is 2.35. The zero-order valence-electron chi connectivity index (χ0n) is 15.9. The van der Waals surface area contributed by atoms with Crippen LogP contribution in [0.2, 0.25) is 0 Å². The minimum absolute atomic E-state index is 0.185. The molecule has 1 aromatic heterocycles. The van der Waals surface area contributed by atoms with E-state index < -0.39 is 0 Å². The monoisotopic (exact) mass is 374 g/mol. The molecule has 3 aromatic rings.